The van der Waals surface area contributed by atoms with Crippen LogP contribution in [0.25, 0.3) is 11.0 Å². The summed E-state index contributed by atoms with van der Waals surface area (Å²) >= 11 is 0. The van der Waals surface area contributed by atoms with Gasteiger partial charge in [-0.2, -0.15) is 5.10 Å². The van der Waals surface area contributed by atoms with E-state index in [9.17, 15) is 14.3 Å². The molecule has 2 aromatic rings. The van der Waals surface area contributed by atoms with Crippen LogP contribution in [-0.4, -0.2) is 37.9 Å². The van der Waals surface area contributed by atoms with E-state index in [2.05, 4.69) is 23.9 Å². The number of fused-ring (bicyclic) bond motifs is 2. The van der Waals surface area contributed by atoms with E-state index in [4.69, 9.17) is 0 Å². The van der Waals surface area contributed by atoms with Crippen LogP contribution >= 0.6 is 0 Å². The lowest BCUT2D eigenvalue weighted by Gasteiger charge is -2.52. The van der Waals surface area contributed by atoms with Gasteiger partial charge in [0.05, 0.1) is 18.3 Å². The summed E-state index contributed by atoms with van der Waals surface area (Å²) in [5.74, 6) is 2.88. The SMILES string of the molecule is CCC[C@@H]1[C@@H](C2CCC(O)(CF)CC2)CC[C@]2(C)[C@@H](C(=O)Cn3cc4ncccc4n3)CC[C@@H]12. The molecule has 0 aromatic carbocycles. The quantitative estimate of drug-likeness (QED) is 0.561. The Morgan fingerprint density at radius 1 is 1.18 bits per heavy atom. The third kappa shape index (κ3) is 4.20. The van der Waals surface area contributed by atoms with Crippen LogP contribution in [-0.2, 0) is 11.3 Å². The zero-order valence-corrected chi connectivity index (χ0v) is 20.8. The molecule has 0 aliphatic heterocycles. The van der Waals surface area contributed by atoms with Crippen LogP contribution in [0.2, 0.25) is 0 Å². The third-order valence-electron chi connectivity index (χ3n) is 9.96. The Hall–Kier alpha value is -1.82. The monoisotopic (exact) mass is 469 g/mol. The average Bonchev–Trinajstić information content (AvgIpc) is 3.40. The van der Waals surface area contributed by atoms with E-state index in [0.717, 1.165) is 49.6 Å². The lowest BCUT2D eigenvalue weighted by Crippen LogP contribution is -2.47. The second-order valence-electron chi connectivity index (χ2n) is 11.8. The van der Waals surface area contributed by atoms with Crippen molar-refractivity contribution in [3.63, 3.8) is 0 Å². The number of halogens is 1. The molecule has 3 aliphatic rings. The molecule has 5 rings (SSSR count). The Morgan fingerprint density at radius 3 is 2.68 bits per heavy atom. The van der Waals surface area contributed by atoms with Crippen LogP contribution < -0.4 is 0 Å². The maximum Gasteiger partial charge on any atom is 0.157 e. The largest absolute Gasteiger partial charge is 0.387 e. The molecule has 0 bridgehead atoms. The van der Waals surface area contributed by atoms with Crippen LogP contribution in [0.3, 0.4) is 0 Å². The molecule has 6 heteroatoms. The van der Waals surface area contributed by atoms with Crippen molar-refractivity contribution in [1.82, 2.24) is 14.8 Å². The lowest BCUT2D eigenvalue weighted by molar-refractivity contribution is -0.130. The molecule has 2 heterocycles. The number of hydrogen-bond acceptors (Lipinski definition) is 4. The third-order valence-corrected chi connectivity index (χ3v) is 9.96. The number of rotatable bonds is 7. The molecular formula is C28H40FN3O2. The molecular weight excluding hydrogens is 429 g/mol. The number of aromatic nitrogens is 3. The second kappa shape index (κ2) is 9.33. The predicted molar refractivity (Wildman–Crippen MR) is 131 cm³/mol. The number of carbonyl (C=O) groups is 1. The standard InChI is InChI=1S/C28H40FN3O2/c1-3-5-21-20(19-9-13-28(34,18-29)14-10-19)11-12-27(2)22(21)7-8-23(27)26(33)17-32-16-25-24(31-32)6-4-15-30-25/h4,6,15-16,19-23,34H,3,5,7-14,17-18H2,1-2H3/t19?,20-,21-,22+,23-,27+,28?/m1/s1. The maximum atomic E-state index is 13.6. The minimum atomic E-state index is -1.09. The molecule has 0 spiro atoms. The van der Waals surface area contributed by atoms with Gasteiger partial charge >= 0.3 is 0 Å². The maximum absolute atomic E-state index is 13.6. The Balaban J connectivity index is 1.30. The van der Waals surface area contributed by atoms with Crippen molar-refractivity contribution in [2.45, 2.75) is 90.2 Å². The number of Topliss-reactive ketones (excluding diaryl/α,β-unsaturated/α-hetero) is 1. The predicted octanol–water partition coefficient (Wildman–Crippen LogP) is 5.75. The molecule has 3 fully saturated rings. The summed E-state index contributed by atoms with van der Waals surface area (Å²) in [5, 5.41) is 15.0. The molecule has 5 atom stereocenters. The van der Waals surface area contributed by atoms with E-state index in [0.29, 0.717) is 48.8 Å². The Labute approximate surface area is 202 Å². The van der Waals surface area contributed by atoms with Crippen LogP contribution in [0.5, 0.6) is 0 Å². The van der Waals surface area contributed by atoms with Gasteiger partial charge in [0.2, 0.25) is 0 Å². The van der Waals surface area contributed by atoms with Crippen molar-refractivity contribution in [1.29, 1.82) is 0 Å². The number of nitrogens with zero attached hydrogens (tertiary/aromatic N) is 3. The van der Waals surface area contributed by atoms with E-state index < -0.39 is 12.3 Å². The highest BCUT2D eigenvalue weighted by atomic mass is 19.1. The van der Waals surface area contributed by atoms with E-state index in [1.807, 2.05) is 18.3 Å². The molecule has 2 aromatic heterocycles. The first-order valence-corrected chi connectivity index (χ1v) is 13.5. The van der Waals surface area contributed by atoms with Crippen molar-refractivity contribution in [3.05, 3.63) is 24.5 Å². The van der Waals surface area contributed by atoms with Gasteiger partial charge in [-0.25, -0.2) is 4.39 Å². The average molecular weight is 470 g/mol. The van der Waals surface area contributed by atoms with Crippen molar-refractivity contribution in [3.8, 4) is 0 Å². The fraction of sp³-hybridized carbons (Fsp3) is 0.750. The van der Waals surface area contributed by atoms with Crippen molar-refractivity contribution in [2.75, 3.05) is 6.67 Å². The van der Waals surface area contributed by atoms with Crippen molar-refractivity contribution in [2.24, 2.45) is 35.0 Å². The number of pyridine rings is 1. The molecule has 0 amide bonds. The summed E-state index contributed by atoms with van der Waals surface area (Å²) in [4.78, 5) is 17.9. The molecule has 1 N–H and O–H groups in total. The minimum absolute atomic E-state index is 0.0621. The smallest absolute Gasteiger partial charge is 0.157 e. The fourth-order valence-corrected chi connectivity index (χ4v) is 8.17. The number of alkyl halides is 1. The first kappa shape index (κ1) is 23.9. The van der Waals surface area contributed by atoms with Crippen LogP contribution in [0.1, 0.15) is 78.1 Å². The first-order chi connectivity index (χ1) is 16.4. The topological polar surface area (TPSA) is 68.0 Å². The number of ketones is 1. The number of carbonyl (C=O) groups excluding carboxylic acids is 1. The number of aliphatic hydroxyl groups is 1. The lowest BCUT2D eigenvalue weighted by atomic mass is 9.53. The Kier molecular flexibility index (Phi) is 6.56. The van der Waals surface area contributed by atoms with Gasteiger partial charge < -0.3 is 5.11 Å². The summed E-state index contributed by atoms with van der Waals surface area (Å²) in [6.07, 6.45) is 13.5. The summed E-state index contributed by atoms with van der Waals surface area (Å²) in [5.41, 5.74) is 0.646. The molecule has 0 radical (unpaired) electrons. The summed E-state index contributed by atoms with van der Waals surface area (Å²) in [6, 6.07) is 3.81. The molecule has 5 nitrogen and oxygen atoms in total. The van der Waals surface area contributed by atoms with E-state index in [1.165, 1.54) is 12.8 Å². The van der Waals surface area contributed by atoms with Gasteiger partial charge in [0.25, 0.3) is 0 Å². The van der Waals surface area contributed by atoms with Gasteiger partial charge in [0, 0.05) is 12.1 Å². The highest BCUT2D eigenvalue weighted by molar-refractivity contribution is 5.82. The van der Waals surface area contributed by atoms with Crippen molar-refractivity contribution >= 4 is 16.8 Å². The van der Waals surface area contributed by atoms with Crippen molar-refractivity contribution < 1.29 is 14.3 Å². The highest BCUT2D eigenvalue weighted by Gasteiger charge is 2.56. The van der Waals surface area contributed by atoms with Crippen LogP contribution in [0, 0.1) is 35.0 Å². The molecule has 3 aliphatic carbocycles. The normalized spacial score (nSPS) is 38.2. The van der Waals surface area contributed by atoms with E-state index >= 15 is 0 Å². The van der Waals surface area contributed by atoms with E-state index in [-0.39, 0.29) is 11.3 Å². The van der Waals surface area contributed by atoms with Crippen LogP contribution in [0.4, 0.5) is 4.39 Å². The summed E-state index contributed by atoms with van der Waals surface area (Å²) in [6.45, 7) is 4.38. The molecule has 0 unspecified atom stereocenters. The second-order valence-corrected chi connectivity index (χ2v) is 11.8. The van der Waals surface area contributed by atoms with Gasteiger partial charge in [-0.1, -0.05) is 26.7 Å². The minimum Gasteiger partial charge on any atom is -0.387 e. The zero-order chi connectivity index (χ0) is 23.9. The van der Waals surface area contributed by atoms with Gasteiger partial charge in [-0.3, -0.25) is 14.5 Å². The molecule has 3 saturated carbocycles. The summed E-state index contributed by atoms with van der Waals surface area (Å²) in [7, 11) is 0. The van der Waals surface area contributed by atoms with Gasteiger partial charge in [0.15, 0.2) is 5.78 Å². The fourth-order valence-electron chi connectivity index (χ4n) is 8.17. The summed E-state index contributed by atoms with van der Waals surface area (Å²) < 4.78 is 15.1. The number of hydrogen-bond donors (Lipinski definition) is 1. The van der Waals surface area contributed by atoms with Crippen LogP contribution in [0.15, 0.2) is 24.5 Å². The van der Waals surface area contributed by atoms with E-state index in [1.54, 1.807) is 10.9 Å². The van der Waals surface area contributed by atoms with Gasteiger partial charge in [0.1, 0.15) is 17.7 Å². The molecule has 186 valence electrons. The highest BCUT2D eigenvalue weighted by Crippen LogP contribution is 2.62. The Bertz CT molecular complexity index is 981. The Morgan fingerprint density at radius 2 is 1.97 bits per heavy atom. The zero-order valence-electron chi connectivity index (χ0n) is 20.8. The molecule has 0 saturated heterocycles. The van der Waals surface area contributed by atoms with Gasteiger partial charge in [-0.15, -0.1) is 0 Å². The molecule has 34 heavy (non-hydrogen) atoms. The van der Waals surface area contributed by atoms with Gasteiger partial charge in [-0.05, 0) is 92.6 Å². The first-order valence-electron chi connectivity index (χ1n) is 13.5.